The Kier molecular flexibility index (Phi) is 10.7. The molecule has 230 valence electrons. The van der Waals surface area contributed by atoms with E-state index in [4.69, 9.17) is 47.4 Å². The van der Waals surface area contributed by atoms with E-state index in [0.29, 0.717) is 31.9 Å². The molecule has 0 fully saturated rings. The Morgan fingerprint density at radius 2 is 1.82 bits per heavy atom. The number of halogens is 2. The Bertz CT molecular complexity index is 1840. The molecule has 0 unspecified atom stereocenters. The first-order valence-electron chi connectivity index (χ1n) is 13.3. The van der Waals surface area contributed by atoms with Gasteiger partial charge in [0, 0.05) is 0 Å². The van der Waals surface area contributed by atoms with Gasteiger partial charge in [-0.1, -0.05) is 40.6 Å². The minimum absolute atomic E-state index is 0.118. The SMILES string of the molecule is CCOC(=O)C1=C(C)N=c2s/c(=C\c3cc(Cl)c(OCC#N)c(Cl)c3)c(=O)n2[C@@H]1c1ccc(OCC(=O)OC)c(OCC)c1. The molecule has 0 saturated carbocycles. The zero-order valence-corrected chi connectivity index (χ0v) is 26.5. The van der Waals surface area contributed by atoms with Gasteiger partial charge in [0.05, 0.1) is 52.2 Å². The van der Waals surface area contributed by atoms with Crippen molar-refractivity contribution in [3.8, 4) is 23.3 Å². The number of hydrogen-bond donors (Lipinski definition) is 0. The molecule has 44 heavy (non-hydrogen) atoms. The monoisotopic (exact) mass is 659 g/mol. The maximum Gasteiger partial charge on any atom is 0.343 e. The van der Waals surface area contributed by atoms with Crippen LogP contribution in [0.25, 0.3) is 6.08 Å². The van der Waals surface area contributed by atoms with E-state index in [1.165, 1.54) is 11.7 Å². The number of allylic oxidation sites excluding steroid dienone is 1. The molecule has 0 saturated heterocycles. The Hall–Kier alpha value is -4.31. The fraction of sp³-hybridized carbons (Fsp3) is 0.300. The summed E-state index contributed by atoms with van der Waals surface area (Å²) >= 11 is 13.8. The Labute approximate surface area is 266 Å². The van der Waals surface area contributed by atoms with Crippen LogP contribution in [0.4, 0.5) is 0 Å². The minimum atomic E-state index is -0.921. The number of rotatable bonds is 11. The van der Waals surface area contributed by atoms with Crippen LogP contribution in [0, 0.1) is 11.3 Å². The molecule has 2 heterocycles. The second kappa shape index (κ2) is 14.4. The molecule has 2 aromatic carbocycles. The van der Waals surface area contributed by atoms with Crippen molar-refractivity contribution in [1.82, 2.24) is 4.57 Å². The summed E-state index contributed by atoms with van der Waals surface area (Å²) < 4.78 is 28.4. The average Bonchev–Trinajstić information content (AvgIpc) is 3.29. The van der Waals surface area contributed by atoms with Crippen LogP contribution in [-0.2, 0) is 19.1 Å². The van der Waals surface area contributed by atoms with Gasteiger partial charge in [0.25, 0.3) is 5.56 Å². The molecule has 0 bridgehead atoms. The third-order valence-electron chi connectivity index (χ3n) is 6.27. The fourth-order valence-electron chi connectivity index (χ4n) is 4.44. The van der Waals surface area contributed by atoms with Crippen LogP contribution >= 0.6 is 34.5 Å². The predicted octanol–water partition coefficient (Wildman–Crippen LogP) is 3.96. The van der Waals surface area contributed by atoms with Gasteiger partial charge in [0.1, 0.15) is 6.07 Å². The highest BCUT2D eigenvalue weighted by molar-refractivity contribution is 7.07. The number of benzene rings is 2. The lowest BCUT2D eigenvalue weighted by atomic mass is 9.95. The standard InChI is InChI=1S/C30H27Cl2N3O8S/c1-5-40-22-14-18(7-8-21(22)43-15-24(36)39-4)26-25(29(38)41-6-2)16(3)34-30-35(26)28(37)23(44-30)13-17-11-19(31)27(20(32)12-17)42-10-9-33/h7-8,11-14,26H,5-6,10,15H2,1-4H3/b23-13-/t26-/m1/s1. The van der Waals surface area contributed by atoms with Crippen molar-refractivity contribution in [2.45, 2.75) is 26.8 Å². The third kappa shape index (κ3) is 6.91. The molecular weight excluding hydrogens is 633 g/mol. The second-order valence-electron chi connectivity index (χ2n) is 9.07. The van der Waals surface area contributed by atoms with Gasteiger partial charge in [-0.2, -0.15) is 5.26 Å². The highest BCUT2D eigenvalue weighted by Gasteiger charge is 2.34. The number of nitrogens with zero attached hydrogens (tertiary/aromatic N) is 3. The molecule has 14 heteroatoms. The molecule has 0 N–H and O–H groups in total. The quantitative estimate of drug-likeness (QED) is 0.280. The molecular formula is C30H27Cl2N3O8S. The first-order chi connectivity index (χ1) is 21.1. The van der Waals surface area contributed by atoms with Crippen molar-refractivity contribution in [3.05, 3.63) is 82.5 Å². The van der Waals surface area contributed by atoms with Crippen molar-refractivity contribution < 1.29 is 33.3 Å². The van der Waals surface area contributed by atoms with Gasteiger partial charge in [-0.05, 0) is 62.2 Å². The van der Waals surface area contributed by atoms with E-state index >= 15 is 0 Å². The number of fused-ring (bicyclic) bond motifs is 1. The molecule has 1 aliphatic rings. The van der Waals surface area contributed by atoms with Crippen molar-refractivity contribution in [2.75, 3.05) is 33.5 Å². The maximum absolute atomic E-state index is 14.0. The fourth-order valence-corrected chi connectivity index (χ4v) is 6.10. The van der Waals surface area contributed by atoms with E-state index in [1.807, 2.05) is 6.07 Å². The zero-order valence-electron chi connectivity index (χ0n) is 24.1. The first-order valence-corrected chi connectivity index (χ1v) is 14.8. The average molecular weight is 661 g/mol. The van der Waals surface area contributed by atoms with Gasteiger partial charge >= 0.3 is 11.9 Å². The molecule has 3 aromatic rings. The summed E-state index contributed by atoms with van der Waals surface area (Å²) in [5.74, 6) is -0.450. The highest BCUT2D eigenvalue weighted by atomic mass is 35.5. The van der Waals surface area contributed by atoms with Crippen molar-refractivity contribution in [2.24, 2.45) is 4.99 Å². The normalized spacial score (nSPS) is 14.3. The summed E-state index contributed by atoms with van der Waals surface area (Å²) in [5.41, 5.74) is 1.18. The Morgan fingerprint density at radius 1 is 1.09 bits per heavy atom. The molecule has 0 radical (unpaired) electrons. The van der Waals surface area contributed by atoms with E-state index in [0.717, 1.165) is 11.3 Å². The van der Waals surface area contributed by atoms with Gasteiger partial charge in [0.2, 0.25) is 0 Å². The van der Waals surface area contributed by atoms with Crippen LogP contribution in [-0.4, -0.2) is 50.0 Å². The number of ether oxygens (including phenoxy) is 5. The number of hydrogen-bond acceptors (Lipinski definition) is 11. The summed E-state index contributed by atoms with van der Waals surface area (Å²) in [4.78, 5) is 43.8. The molecule has 0 spiro atoms. The largest absolute Gasteiger partial charge is 0.490 e. The van der Waals surface area contributed by atoms with Crippen LogP contribution < -0.4 is 29.1 Å². The van der Waals surface area contributed by atoms with Gasteiger partial charge < -0.3 is 23.7 Å². The summed E-state index contributed by atoms with van der Waals surface area (Å²) in [6, 6.07) is 8.98. The Balaban J connectivity index is 1.88. The van der Waals surface area contributed by atoms with E-state index in [9.17, 15) is 14.4 Å². The molecule has 11 nitrogen and oxygen atoms in total. The molecule has 0 aliphatic carbocycles. The second-order valence-corrected chi connectivity index (χ2v) is 10.9. The summed E-state index contributed by atoms with van der Waals surface area (Å²) in [6.45, 7) is 4.98. The lowest BCUT2D eigenvalue weighted by Crippen LogP contribution is -2.40. The first kappa shape index (κ1) is 32.6. The predicted molar refractivity (Wildman–Crippen MR) is 163 cm³/mol. The lowest BCUT2D eigenvalue weighted by Gasteiger charge is -2.25. The number of methoxy groups -OCH3 is 1. The Morgan fingerprint density at radius 3 is 2.45 bits per heavy atom. The van der Waals surface area contributed by atoms with Gasteiger partial charge in [0.15, 0.2) is 35.3 Å². The molecule has 1 atom stereocenters. The number of aromatic nitrogens is 1. The van der Waals surface area contributed by atoms with E-state index in [1.54, 1.807) is 57.2 Å². The molecule has 1 aromatic heterocycles. The van der Waals surface area contributed by atoms with Crippen molar-refractivity contribution in [3.63, 3.8) is 0 Å². The van der Waals surface area contributed by atoms with Crippen LogP contribution in [0.5, 0.6) is 17.2 Å². The summed E-state index contributed by atoms with van der Waals surface area (Å²) in [6.07, 6.45) is 1.60. The maximum atomic E-state index is 14.0. The number of esters is 2. The minimum Gasteiger partial charge on any atom is -0.490 e. The zero-order chi connectivity index (χ0) is 32.0. The van der Waals surface area contributed by atoms with Crippen LogP contribution in [0.2, 0.25) is 10.0 Å². The van der Waals surface area contributed by atoms with E-state index < -0.39 is 23.5 Å². The topological polar surface area (TPSA) is 138 Å². The summed E-state index contributed by atoms with van der Waals surface area (Å²) in [5, 5.41) is 9.15. The molecule has 1 aliphatic heterocycles. The number of carbonyl (C=O) groups is 2. The highest BCUT2D eigenvalue weighted by Crippen LogP contribution is 2.37. The van der Waals surface area contributed by atoms with Crippen LogP contribution in [0.1, 0.15) is 37.9 Å². The number of thiazole rings is 1. The van der Waals surface area contributed by atoms with Gasteiger partial charge in [-0.3, -0.25) is 9.36 Å². The molecule has 4 rings (SSSR count). The molecule has 0 amide bonds. The van der Waals surface area contributed by atoms with Crippen molar-refractivity contribution >= 4 is 52.6 Å². The number of nitriles is 1. The van der Waals surface area contributed by atoms with Crippen LogP contribution in [0.3, 0.4) is 0 Å². The van der Waals surface area contributed by atoms with Crippen LogP contribution in [0.15, 0.2) is 51.4 Å². The number of carbonyl (C=O) groups excluding carboxylic acids is 2. The van der Waals surface area contributed by atoms with E-state index in [-0.39, 0.29) is 53.5 Å². The smallest absolute Gasteiger partial charge is 0.343 e. The van der Waals surface area contributed by atoms with Crippen molar-refractivity contribution in [1.29, 1.82) is 5.26 Å². The third-order valence-corrected chi connectivity index (χ3v) is 7.82. The summed E-state index contributed by atoms with van der Waals surface area (Å²) in [7, 11) is 1.25. The lowest BCUT2D eigenvalue weighted by molar-refractivity contribution is -0.143. The van der Waals surface area contributed by atoms with E-state index in [2.05, 4.69) is 9.73 Å². The van der Waals surface area contributed by atoms with Gasteiger partial charge in [-0.15, -0.1) is 0 Å². The van der Waals surface area contributed by atoms with Gasteiger partial charge in [-0.25, -0.2) is 14.6 Å².